The summed E-state index contributed by atoms with van der Waals surface area (Å²) in [6.45, 7) is 3.28. The van der Waals surface area contributed by atoms with Crippen LogP contribution in [0.4, 0.5) is 4.39 Å². The van der Waals surface area contributed by atoms with Crippen molar-refractivity contribution in [1.82, 2.24) is 14.8 Å². The molecule has 0 N–H and O–H groups in total. The Morgan fingerprint density at radius 2 is 1.65 bits per heavy atom. The second-order valence-electron chi connectivity index (χ2n) is 7.31. The maximum Gasteiger partial charge on any atom is 0.273 e. The number of benzene rings is 2. The quantitative estimate of drug-likeness (QED) is 0.619. The van der Waals surface area contributed by atoms with Crippen LogP contribution in [-0.2, 0) is 0 Å². The minimum atomic E-state index is -0.393. The van der Waals surface area contributed by atoms with Crippen LogP contribution < -0.4 is 4.74 Å². The van der Waals surface area contributed by atoms with Crippen LogP contribution in [0.1, 0.15) is 26.4 Å². The van der Waals surface area contributed by atoms with E-state index in [-0.39, 0.29) is 11.8 Å². The number of hydrogen-bond donors (Lipinski definition) is 0. The van der Waals surface area contributed by atoms with Crippen molar-refractivity contribution < 1.29 is 18.7 Å². The molecule has 0 atom stereocenters. The second kappa shape index (κ2) is 8.85. The van der Waals surface area contributed by atoms with Gasteiger partial charge in [-0.15, -0.1) is 11.3 Å². The molecular formula is C23H22FN3O3S. The average Bonchev–Trinajstić information content (AvgIpc) is 3.30. The summed E-state index contributed by atoms with van der Waals surface area (Å²) < 4.78 is 19.0. The number of halogens is 1. The molecule has 8 heteroatoms. The molecule has 0 unspecified atom stereocenters. The number of ether oxygens (including phenoxy) is 1. The maximum absolute atomic E-state index is 13.8. The van der Waals surface area contributed by atoms with Crippen molar-refractivity contribution in [3.63, 3.8) is 0 Å². The number of carbonyl (C=O) groups excluding carboxylic acids is 2. The van der Waals surface area contributed by atoms with E-state index in [1.807, 2.05) is 24.3 Å². The molecule has 0 saturated carbocycles. The minimum absolute atomic E-state index is 0.149. The smallest absolute Gasteiger partial charge is 0.273 e. The molecule has 0 spiro atoms. The normalized spacial score (nSPS) is 13.9. The molecule has 3 aromatic rings. The maximum atomic E-state index is 13.8. The Morgan fingerprint density at radius 3 is 2.26 bits per heavy atom. The molecule has 1 saturated heterocycles. The predicted octanol–water partition coefficient (Wildman–Crippen LogP) is 3.86. The summed E-state index contributed by atoms with van der Waals surface area (Å²) in [5.74, 6) is -0.000741. The number of thiazole rings is 1. The molecule has 0 radical (unpaired) electrons. The highest BCUT2D eigenvalue weighted by molar-refractivity contribution is 7.13. The second-order valence-corrected chi connectivity index (χ2v) is 8.17. The summed E-state index contributed by atoms with van der Waals surface area (Å²) in [6.07, 6.45) is 0. The molecule has 2 heterocycles. The number of carbonyl (C=O) groups is 2. The van der Waals surface area contributed by atoms with Crippen LogP contribution >= 0.6 is 11.3 Å². The Labute approximate surface area is 183 Å². The van der Waals surface area contributed by atoms with Gasteiger partial charge in [-0.1, -0.05) is 6.07 Å². The zero-order valence-corrected chi connectivity index (χ0v) is 18.1. The van der Waals surface area contributed by atoms with Crippen molar-refractivity contribution in [2.45, 2.75) is 6.92 Å². The number of methoxy groups -OCH3 is 1. The monoisotopic (exact) mass is 439 g/mol. The predicted molar refractivity (Wildman–Crippen MR) is 117 cm³/mol. The summed E-state index contributed by atoms with van der Waals surface area (Å²) in [5.41, 5.74) is 2.15. The van der Waals surface area contributed by atoms with Gasteiger partial charge in [0, 0.05) is 42.7 Å². The van der Waals surface area contributed by atoms with Crippen LogP contribution in [0.3, 0.4) is 0 Å². The van der Waals surface area contributed by atoms with Crippen molar-refractivity contribution >= 4 is 23.2 Å². The first kappa shape index (κ1) is 21.0. The lowest BCUT2D eigenvalue weighted by atomic mass is 10.1. The molecule has 1 fully saturated rings. The third kappa shape index (κ3) is 4.44. The van der Waals surface area contributed by atoms with E-state index in [2.05, 4.69) is 4.98 Å². The van der Waals surface area contributed by atoms with E-state index in [9.17, 15) is 14.0 Å². The summed E-state index contributed by atoms with van der Waals surface area (Å²) >= 11 is 1.41. The zero-order valence-electron chi connectivity index (χ0n) is 17.3. The van der Waals surface area contributed by atoms with Gasteiger partial charge < -0.3 is 14.5 Å². The Hall–Kier alpha value is -3.26. The van der Waals surface area contributed by atoms with Gasteiger partial charge in [-0.05, 0) is 48.9 Å². The lowest BCUT2D eigenvalue weighted by Crippen LogP contribution is -2.50. The summed E-state index contributed by atoms with van der Waals surface area (Å²) in [7, 11) is 1.61. The van der Waals surface area contributed by atoms with Gasteiger partial charge in [-0.2, -0.15) is 0 Å². The van der Waals surface area contributed by atoms with Crippen molar-refractivity contribution in [2.75, 3.05) is 33.3 Å². The third-order valence-electron chi connectivity index (χ3n) is 5.33. The van der Waals surface area contributed by atoms with E-state index in [1.165, 1.54) is 17.4 Å². The molecule has 1 aliphatic rings. The van der Waals surface area contributed by atoms with E-state index >= 15 is 0 Å². The van der Waals surface area contributed by atoms with Crippen LogP contribution in [-0.4, -0.2) is 59.9 Å². The number of piperazine rings is 1. The largest absolute Gasteiger partial charge is 0.497 e. The molecule has 4 rings (SSSR count). The highest BCUT2D eigenvalue weighted by Crippen LogP contribution is 2.26. The van der Waals surface area contributed by atoms with Gasteiger partial charge in [0.15, 0.2) is 0 Å². The number of nitrogens with zero attached hydrogens (tertiary/aromatic N) is 3. The molecule has 2 amide bonds. The molecule has 1 aromatic heterocycles. The summed E-state index contributed by atoms with van der Waals surface area (Å²) in [5, 5.41) is 2.52. The Kier molecular flexibility index (Phi) is 5.99. The first-order chi connectivity index (χ1) is 15.0. The number of amides is 2. The van der Waals surface area contributed by atoms with Crippen LogP contribution in [0.15, 0.2) is 47.8 Å². The topological polar surface area (TPSA) is 62.7 Å². The van der Waals surface area contributed by atoms with Crippen molar-refractivity contribution in [1.29, 1.82) is 0 Å². The standard InChI is InChI=1S/C23H22FN3O3S/c1-15-3-4-17(13-19(15)24)22(28)26-9-11-27(12-10-26)23(29)20-14-31-21(25-20)16-5-7-18(30-2)8-6-16/h3-8,13-14H,9-12H2,1-2H3. The lowest BCUT2D eigenvalue weighted by Gasteiger charge is -2.34. The van der Waals surface area contributed by atoms with Gasteiger partial charge >= 0.3 is 0 Å². The zero-order chi connectivity index (χ0) is 22.0. The lowest BCUT2D eigenvalue weighted by molar-refractivity contribution is 0.0532. The number of hydrogen-bond acceptors (Lipinski definition) is 5. The average molecular weight is 440 g/mol. The summed E-state index contributed by atoms with van der Waals surface area (Å²) in [6, 6.07) is 12.0. The number of rotatable bonds is 4. The van der Waals surface area contributed by atoms with Crippen molar-refractivity contribution in [3.05, 3.63) is 70.5 Å². The van der Waals surface area contributed by atoms with E-state index in [0.29, 0.717) is 43.0 Å². The molecular weight excluding hydrogens is 417 g/mol. The molecule has 0 aliphatic carbocycles. The SMILES string of the molecule is COc1ccc(-c2nc(C(=O)N3CCN(C(=O)c4ccc(C)c(F)c4)CC3)cs2)cc1. The highest BCUT2D eigenvalue weighted by atomic mass is 32.1. The molecule has 6 nitrogen and oxygen atoms in total. The third-order valence-corrected chi connectivity index (χ3v) is 6.22. The molecule has 0 bridgehead atoms. The van der Waals surface area contributed by atoms with Crippen LogP contribution in [0.2, 0.25) is 0 Å². The van der Waals surface area contributed by atoms with Gasteiger partial charge in [0.1, 0.15) is 22.3 Å². The molecule has 160 valence electrons. The van der Waals surface area contributed by atoms with Gasteiger partial charge in [0.2, 0.25) is 0 Å². The fraction of sp³-hybridized carbons (Fsp3) is 0.261. The first-order valence-corrected chi connectivity index (χ1v) is 10.8. The number of aryl methyl sites for hydroxylation is 1. The van der Waals surface area contributed by atoms with Gasteiger partial charge in [-0.3, -0.25) is 9.59 Å². The van der Waals surface area contributed by atoms with Crippen molar-refractivity contribution in [3.8, 4) is 16.3 Å². The van der Waals surface area contributed by atoms with E-state index < -0.39 is 5.82 Å². The van der Waals surface area contributed by atoms with Gasteiger partial charge in [-0.25, -0.2) is 9.37 Å². The fourth-order valence-corrected chi connectivity index (χ4v) is 4.22. The van der Waals surface area contributed by atoms with Gasteiger partial charge in [0.25, 0.3) is 11.8 Å². The molecule has 31 heavy (non-hydrogen) atoms. The Balaban J connectivity index is 1.38. The first-order valence-electron chi connectivity index (χ1n) is 9.91. The van der Waals surface area contributed by atoms with Crippen LogP contribution in [0.5, 0.6) is 5.75 Å². The Morgan fingerprint density at radius 1 is 1.00 bits per heavy atom. The fourth-order valence-electron chi connectivity index (χ4n) is 3.42. The van der Waals surface area contributed by atoms with Gasteiger partial charge in [0.05, 0.1) is 7.11 Å². The van der Waals surface area contributed by atoms with E-state index in [0.717, 1.165) is 16.3 Å². The highest BCUT2D eigenvalue weighted by Gasteiger charge is 2.27. The Bertz CT molecular complexity index is 1110. The minimum Gasteiger partial charge on any atom is -0.497 e. The summed E-state index contributed by atoms with van der Waals surface area (Å²) in [4.78, 5) is 33.4. The van der Waals surface area contributed by atoms with Crippen LogP contribution in [0, 0.1) is 12.7 Å². The van der Waals surface area contributed by atoms with E-state index in [1.54, 1.807) is 41.3 Å². The van der Waals surface area contributed by atoms with Crippen LogP contribution in [0.25, 0.3) is 10.6 Å². The molecule has 1 aliphatic heterocycles. The number of aromatic nitrogens is 1. The molecule has 2 aromatic carbocycles. The van der Waals surface area contributed by atoms with E-state index in [4.69, 9.17) is 4.74 Å². The van der Waals surface area contributed by atoms with Crippen molar-refractivity contribution in [2.24, 2.45) is 0 Å².